The molecule has 0 saturated carbocycles. The second-order valence-corrected chi connectivity index (χ2v) is 9.71. The number of rotatable bonds is 7. The predicted octanol–water partition coefficient (Wildman–Crippen LogP) is 6.66. The molecule has 0 saturated heterocycles. The van der Waals surface area contributed by atoms with E-state index in [-0.39, 0.29) is 39.3 Å². The molecule has 0 aliphatic carbocycles. The van der Waals surface area contributed by atoms with Crippen LogP contribution >= 0.6 is 23.4 Å². The average Bonchev–Trinajstić information content (AvgIpc) is 3.43. The molecule has 0 bridgehead atoms. The van der Waals surface area contributed by atoms with Gasteiger partial charge in [0.15, 0.2) is 0 Å². The number of amides is 2. The van der Waals surface area contributed by atoms with Crippen molar-refractivity contribution >= 4 is 46.6 Å². The zero-order valence-corrected chi connectivity index (χ0v) is 21.8. The number of hydrogen-bond donors (Lipinski definition) is 3. The summed E-state index contributed by atoms with van der Waals surface area (Å²) in [5.41, 5.74) is -0.133. The maximum atomic E-state index is 13.4. The van der Waals surface area contributed by atoms with Gasteiger partial charge in [-0.25, -0.2) is 0 Å². The van der Waals surface area contributed by atoms with E-state index in [1.807, 2.05) is 6.07 Å². The molecule has 1 aromatic heterocycles. The highest BCUT2D eigenvalue weighted by Crippen LogP contribution is 2.42. The number of alkyl halides is 3. The molecule has 3 aromatic rings. The van der Waals surface area contributed by atoms with Gasteiger partial charge in [0.05, 0.1) is 56.5 Å². The summed E-state index contributed by atoms with van der Waals surface area (Å²) in [6.45, 7) is 1.58. The third kappa shape index (κ3) is 6.47. The lowest BCUT2D eigenvalue weighted by Crippen LogP contribution is -2.31. The van der Waals surface area contributed by atoms with E-state index in [1.165, 1.54) is 6.26 Å². The smallest absolute Gasteiger partial charge is 0.416 e. The number of carbonyl (C=O) groups is 2. The summed E-state index contributed by atoms with van der Waals surface area (Å²) in [5, 5.41) is 18.5. The van der Waals surface area contributed by atoms with E-state index in [0.29, 0.717) is 16.4 Å². The van der Waals surface area contributed by atoms with Crippen molar-refractivity contribution in [3.05, 3.63) is 105 Å². The Labute approximate surface area is 230 Å². The Balaban J connectivity index is 1.62. The average molecular weight is 573 g/mol. The van der Waals surface area contributed by atoms with Crippen LogP contribution in [0.4, 0.5) is 24.5 Å². The first-order chi connectivity index (χ1) is 18.6. The van der Waals surface area contributed by atoms with Gasteiger partial charge in [-0.3, -0.25) is 9.59 Å². The number of thioether (sulfide) groups is 1. The molecule has 0 spiro atoms. The second kappa shape index (κ2) is 11.7. The van der Waals surface area contributed by atoms with Gasteiger partial charge in [0, 0.05) is 11.4 Å². The summed E-state index contributed by atoms with van der Waals surface area (Å²) in [5.74, 6) is -1.85. The van der Waals surface area contributed by atoms with Gasteiger partial charge >= 0.3 is 6.18 Å². The van der Waals surface area contributed by atoms with Crippen molar-refractivity contribution < 1.29 is 27.2 Å². The van der Waals surface area contributed by atoms with Crippen molar-refractivity contribution in [3.8, 4) is 6.07 Å². The minimum absolute atomic E-state index is 0.0397. The Kier molecular flexibility index (Phi) is 8.38. The quantitative estimate of drug-likeness (QED) is 0.292. The Morgan fingerprint density at radius 2 is 1.87 bits per heavy atom. The fraction of sp³-hybridized carbons (Fsp3) is 0.148. The maximum Gasteiger partial charge on any atom is 0.416 e. The highest BCUT2D eigenvalue weighted by atomic mass is 35.5. The minimum atomic E-state index is -4.64. The van der Waals surface area contributed by atoms with E-state index in [4.69, 9.17) is 16.0 Å². The molecule has 2 heterocycles. The molecule has 7 nitrogen and oxygen atoms in total. The Morgan fingerprint density at radius 1 is 1.13 bits per heavy atom. The monoisotopic (exact) mass is 572 g/mol. The van der Waals surface area contributed by atoms with Gasteiger partial charge in [-0.1, -0.05) is 41.6 Å². The lowest BCUT2D eigenvalue weighted by atomic mass is 9.85. The molecule has 2 amide bonds. The van der Waals surface area contributed by atoms with Crippen LogP contribution in [0.3, 0.4) is 0 Å². The van der Waals surface area contributed by atoms with Gasteiger partial charge in [-0.15, -0.1) is 0 Å². The van der Waals surface area contributed by atoms with E-state index in [2.05, 4.69) is 22.0 Å². The molecule has 3 N–H and O–H groups in total. The largest absolute Gasteiger partial charge is 0.468 e. The van der Waals surface area contributed by atoms with Gasteiger partial charge in [-0.2, -0.15) is 18.4 Å². The van der Waals surface area contributed by atoms with Crippen LogP contribution in [0, 0.1) is 11.3 Å². The summed E-state index contributed by atoms with van der Waals surface area (Å²) in [4.78, 5) is 25.9. The highest BCUT2D eigenvalue weighted by Gasteiger charge is 2.37. The Hall–Kier alpha value is -4.14. The van der Waals surface area contributed by atoms with Crippen LogP contribution in [0.2, 0.25) is 5.02 Å². The summed E-state index contributed by atoms with van der Waals surface area (Å²) in [6, 6.07) is 16.7. The second-order valence-electron chi connectivity index (χ2n) is 8.32. The number of furan rings is 1. The summed E-state index contributed by atoms with van der Waals surface area (Å²) in [6.07, 6.45) is -3.26. The summed E-state index contributed by atoms with van der Waals surface area (Å²) in [7, 11) is 0. The third-order valence-electron chi connectivity index (χ3n) is 5.67. The fourth-order valence-electron chi connectivity index (χ4n) is 3.91. The molecule has 1 aliphatic heterocycles. The lowest BCUT2D eigenvalue weighted by molar-refractivity contribution is -0.137. The fourth-order valence-corrected chi connectivity index (χ4v) is 4.97. The zero-order chi connectivity index (χ0) is 28.2. The molecule has 2 aromatic carbocycles. The summed E-state index contributed by atoms with van der Waals surface area (Å²) < 4.78 is 45.2. The van der Waals surface area contributed by atoms with Crippen molar-refractivity contribution in [3.63, 3.8) is 0 Å². The van der Waals surface area contributed by atoms with Crippen LogP contribution in [0.15, 0.2) is 93.2 Å². The first-order valence-electron chi connectivity index (χ1n) is 11.4. The van der Waals surface area contributed by atoms with Gasteiger partial charge in [0.1, 0.15) is 5.76 Å². The van der Waals surface area contributed by atoms with E-state index in [9.17, 15) is 28.0 Å². The highest BCUT2D eigenvalue weighted by molar-refractivity contribution is 8.03. The standard InChI is InChI=1S/C27H20ClF3N4O3S/c1-15-23(25(37)35-20-12-16(27(29,30)31)9-10-19(20)28)24(21-8-5-11-38-21)18(13-32)26(33-15)39-14-22(36)34-17-6-3-2-4-7-17/h2-12,24,33H,14H2,1H3,(H,34,36)(H,35,37). The molecule has 1 atom stereocenters. The molecular formula is C27H20ClF3N4O3S. The topological polar surface area (TPSA) is 107 Å². The van der Waals surface area contributed by atoms with Crippen molar-refractivity contribution in [2.24, 2.45) is 0 Å². The SMILES string of the molecule is CC1=C(C(=O)Nc2cc(C(F)(F)F)ccc2Cl)C(c2ccco2)C(C#N)=C(SCC(=O)Nc2ccccc2)N1. The van der Waals surface area contributed by atoms with Crippen molar-refractivity contribution in [1.29, 1.82) is 5.26 Å². The molecule has 4 rings (SSSR count). The number of nitrogens with one attached hydrogen (secondary N) is 3. The maximum absolute atomic E-state index is 13.4. The van der Waals surface area contributed by atoms with Gasteiger partial charge in [0.2, 0.25) is 5.91 Å². The van der Waals surface area contributed by atoms with Crippen molar-refractivity contribution in [2.45, 2.75) is 19.0 Å². The normalized spacial score (nSPS) is 15.4. The molecule has 1 unspecified atom stereocenters. The third-order valence-corrected chi connectivity index (χ3v) is 7.01. The van der Waals surface area contributed by atoms with Crippen LogP contribution in [-0.2, 0) is 15.8 Å². The zero-order valence-electron chi connectivity index (χ0n) is 20.2. The van der Waals surface area contributed by atoms with E-state index < -0.39 is 23.6 Å². The molecule has 0 radical (unpaired) electrons. The molecule has 39 heavy (non-hydrogen) atoms. The molecule has 1 aliphatic rings. The number of carbonyl (C=O) groups excluding carboxylic acids is 2. The minimum Gasteiger partial charge on any atom is -0.468 e. The predicted molar refractivity (Wildman–Crippen MR) is 143 cm³/mol. The molecule has 12 heteroatoms. The van der Waals surface area contributed by atoms with Crippen molar-refractivity contribution in [1.82, 2.24) is 5.32 Å². The van der Waals surface area contributed by atoms with E-state index in [0.717, 1.165) is 30.0 Å². The van der Waals surface area contributed by atoms with Gasteiger partial charge < -0.3 is 20.4 Å². The Morgan fingerprint density at radius 3 is 2.51 bits per heavy atom. The van der Waals surface area contributed by atoms with E-state index in [1.54, 1.807) is 43.3 Å². The van der Waals surface area contributed by atoms with Crippen molar-refractivity contribution in [2.75, 3.05) is 16.4 Å². The lowest BCUT2D eigenvalue weighted by Gasteiger charge is -2.28. The number of allylic oxidation sites excluding steroid dienone is 2. The number of anilines is 2. The van der Waals surface area contributed by atoms with Crippen LogP contribution in [0.5, 0.6) is 0 Å². The van der Waals surface area contributed by atoms with Crippen LogP contribution in [0.1, 0.15) is 24.2 Å². The van der Waals surface area contributed by atoms with Gasteiger partial charge in [-0.05, 0) is 49.4 Å². The van der Waals surface area contributed by atoms with Gasteiger partial charge in [0.25, 0.3) is 5.91 Å². The first kappa shape index (κ1) is 27.9. The van der Waals surface area contributed by atoms with Crippen LogP contribution in [-0.4, -0.2) is 17.6 Å². The number of dihydropyridines is 1. The van der Waals surface area contributed by atoms with Crippen LogP contribution < -0.4 is 16.0 Å². The number of halogens is 4. The molecule has 200 valence electrons. The number of para-hydroxylation sites is 1. The first-order valence-corrected chi connectivity index (χ1v) is 12.8. The van der Waals surface area contributed by atoms with E-state index >= 15 is 0 Å². The number of hydrogen-bond acceptors (Lipinski definition) is 6. The molecule has 0 fully saturated rings. The summed E-state index contributed by atoms with van der Waals surface area (Å²) >= 11 is 7.14. The number of benzene rings is 2. The number of nitriles is 1. The number of nitrogens with zero attached hydrogens (tertiary/aromatic N) is 1. The molecular weight excluding hydrogens is 553 g/mol. The van der Waals surface area contributed by atoms with Crippen LogP contribution in [0.25, 0.3) is 0 Å². The Bertz CT molecular complexity index is 1500.